The molecule has 3 rings (SSSR count). The monoisotopic (exact) mass is 608 g/mol. The number of unbranched alkanes of at least 4 members (excludes halogenated alkanes) is 3. The molecule has 1 saturated heterocycles. The summed E-state index contributed by atoms with van der Waals surface area (Å²) in [5, 5.41) is 9.01. The number of anilines is 1. The minimum absolute atomic E-state index is 0.0281. The second-order valence-electron chi connectivity index (χ2n) is 10.4. The van der Waals surface area contributed by atoms with Gasteiger partial charge >= 0.3 is 6.18 Å². The molecule has 0 radical (unpaired) electrons. The van der Waals surface area contributed by atoms with Crippen molar-refractivity contribution in [1.29, 1.82) is 5.26 Å². The number of nitriles is 1. The Hall–Kier alpha value is -3.31. The van der Waals surface area contributed by atoms with Gasteiger partial charge in [-0.2, -0.15) is 18.4 Å². The predicted octanol–water partition coefficient (Wildman–Crippen LogP) is 3.54. The summed E-state index contributed by atoms with van der Waals surface area (Å²) in [6, 6.07) is 4.34. The molecule has 236 valence electrons. The summed E-state index contributed by atoms with van der Waals surface area (Å²) in [7, 11) is 1.60. The fourth-order valence-corrected chi connectivity index (χ4v) is 5.04. The molecule has 1 aromatic rings. The zero-order valence-corrected chi connectivity index (χ0v) is 24.7. The summed E-state index contributed by atoms with van der Waals surface area (Å²) in [6.45, 7) is 7.10. The standard InChI is InChI=1S/C30H39F3N4O6/c1-22-25(29(40)37(28(22)39)24-9-8-23(20-34)26(19-24)30(31,32)33)7-5-3-4-6-10-35-11-13-36(14-12-35)27(38)21-43-18-17-42-16-15-41-2/h8-9,19H,3-7,10-18,21H2,1-2H3. The van der Waals surface area contributed by atoms with Crippen molar-refractivity contribution in [3.63, 3.8) is 0 Å². The van der Waals surface area contributed by atoms with Gasteiger partial charge in [-0.1, -0.05) is 12.8 Å². The van der Waals surface area contributed by atoms with Crippen molar-refractivity contribution in [2.75, 3.05) is 77.8 Å². The zero-order valence-electron chi connectivity index (χ0n) is 24.7. The van der Waals surface area contributed by atoms with E-state index in [0.717, 1.165) is 49.9 Å². The highest BCUT2D eigenvalue weighted by Crippen LogP contribution is 2.37. The molecule has 3 amide bonds. The van der Waals surface area contributed by atoms with Gasteiger partial charge in [0.05, 0.1) is 49.3 Å². The lowest BCUT2D eigenvalue weighted by molar-refractivity contribution is -0.139. The largest absolute Gasteiger partial charge is 0.417 e. The first-order valence-electron chi connectivity index (χ1n) is 14.4. The van der Waals surface area contributed by atoms with Gasteiger partial charge in [-0.25, -0.2) is 4.90 Å². The van der Waals surface area contributed by atoms with Gasteiger partial charge in [0, 0.05) is 44.4 Å². The van der Waals surface area contributed by atoms with Crippen LogP contribution < -0.4 is 4.90 Å². The highest BCUT2D eigenvalue weighted by molar-refractivity contribution is 6.32. The third kappa shape index (κ3) is 9.59. The number of imide groups is 1. The number of hydrogen-bond acceptors (Lipinski definition) is 8. The molecule has 10 nitrogen and oxygen atoms in total. The molecule has 0 bridgehead atoms. The summed E-state index contributed by atoms with van der Waals surface area (Å²) in [5.74, 6) is -1.29. The summed E-state index contributed by atoms with van der Waals surface area (Å²) >= 11 is 0. The van der Waals surface area contributed by atoms with Gasteiger partial charge in [0.1, 0.15) is 6.61 Å². The Morgan fingerprint density at radius 3 is 2.30 bits per heavy atom. The van der Waals surface area contributed by atoms with Crippen molar-refractivity contribution in [2.45, 2.75) is 45.2 Å². The van der Waals surface area contributed by atoms with Crippen LogP contribution in [-0.2, 0) is 34.8 Å². The maximum Gasteiger partial charge on any atom is 0.417 e. The predicted molar refractivity (Wildman–Crippen MR) is 151 cm³/mol. The highest BCUT2D eigenvalue weighted by atomic mass is 19.4. The van der Waals surface area contributed by atoms with Crippen molar-refractivity contribution >= 4 is 23.4 Å². The quantitative estimate of drug-likeness (QED) is 0.207. The SMILES string of the molecule is COCCOCCOCC(=O)N1CCN(CCCCCCC2=C(C)C(=O)N(c3ccc(C#N)c(C(F)(F)F)c3)C2=O)CC1. The van der Waals surface area contributed by atoms with Crippen LogP contribution in [-0.4, -0.2) is 100 Å². The molecular weight excluding hydrogens is 569 g/mol. The van der Waals surface area contributed by atoms with Gasteiger partial charge < -0.3 is 19.1 Å². The number of nitrogens with zero attached hydrogens (tertiary/aromatic N) is 4. The van der Waals surface area contributed by atoms with Crippen LogP contribution in [0.15, 0.2) is 29.3 Å². The number of hydrogen-bond donors (Lipinski definition) is 0. The minimum atomic E-state index is -4.79. The van der Waals surface area contributed by atoms with E-state index in [1.807, 2.05) is 4.90 Å². The van der Waals surface area contributed by atoms with E-state index in [-0.39, 0.29) is 23.8 Å². The van der Waals surface area contributed by atoms with Crippen LogP contribution in [0.25, 0.3) is 0 Å². The van der Waals surface area contributed by atoms with Gasteiger partial charge in [0.2, 0.25) is 5.91 Å². The lowest BCUT2D eigenvalue weighted by atomic mass is 10.0. The number of carbonyl (C=O) groups excluding carboxylic acids is 3. The number of ether oxygens (including phenoxy) is 3. The topological polar surface area (TPSA) is 112 Å². The summed E-state index contributed by atoms with van der Waals surface area (Å²) < 4.78 is 55.8. The average molecular weight is 609 g/mol. The molecule has 0 saturated carbocycles. The second-order valence-corrected chi connectivity index (χ2v) is 10.4. The van der Waals surface area contributed by atoms with Crippen LogP contribution >= 0.6 is 0 Å². The van der Waals surface area contributed by atoms with E-state index in [1.165, 1.54) is 19.1 Å². The number of methoxy groups -OCH3 is 1. The summed E-state index contributed by atoms with van der Waals surface area (Å²) in [5.41, 5.74) is -1.41. The Kier molecular flexibility index (Phi) is 13.1. The van der Waals surface area contributed by atoms with Crippen molar-refractivity contribution in [3.8, 4) is 6.07 Å². The molecule has 0 N–H and O–H groups in total. The Bertz CT molecular complexity index is 1210. The first-order valence-corrected chi connectivity index (χ1v) is 14.4. The molecular formula is C30H39F3N4O6. The van der Waals surface area contributed by atoms with Crippen molar-refractivity contribution < 1.29 is 41.8 Å². The highest BCUT2D eigenvalue weighted by Gasteiger charge is 2.39. The molecule has 1 fully saturated rings. The second kappa shape index (κ2) is 16.5. The number of benzene rings is 1. The van der Waals surface area contributed by atoms with Crippen LogP contribution in [0.2, 0.25) is 0 Å². The number of piperazine rings is 1. The fraction of sp³-hybridized carbons (Fsp3) is 0.600. The number of alkyl halides is 3. The summed E-state index contributed by atoms with van der Waals surface area (Å²) in [6.07, 6.45) is -1.07. The minimum Gasteiger partial charge on any atom is -0.382 e. The Balaban J connectivity index is 1.34. The molecule has 2 aliphatic rings. The number of amides is 3. The molecule has 1 aromatic carbocycles. The Labute approximate surface area is 249 Å². The zero-order chi connectivity index (χ0) is 31.4. The van der Waals surface area contributed by atoms with Crippen LogP contribution in [0, 0.1) is 11.3 Å². The van der Waals surface area contributed by atoms with E-state index in [2.05, 4.69) is 4.90 Å². The van der Waals surface area contributed by atoms with Gasteiger partial charge in [0.15, 0.2) is 0 Å². The molecule has 43 heavy (non-hydrogen) atoms. The third-order valence-electron chi connectivity index (χ3n) is 7.53. The normalized spacial score (nSPS) is 16.4. The van der Waals surface area contributed by atoms with Gasteiger partial charge in [0.25, 0.3) is 11.8 Å². The third-order valence-corrected chi connectivity index (χ3v) is 7.53. The number of carbonyl (C=O) groups is 3. The molecule has 2 aliphatic heterocycles. The van der Waals surface area contributed by atoms with Crippen LogP contribution in [0.1, 0.15) is 50.2 Å². The molecule has 0 spiro atoms. The molecule has 0 atom stereocenters. The van der Waals surface area contributed by atoms with E-state index >= 15 is 0 Å². The summed E-state index contributed by atoms with van der Waals surface area (Å²) in [4.78, 5) is 43.0. The van der Waals surface area contributed by atoms with Gasteiger partial charge in [-0.15, -0.1) is 0 Å². The van der Waals surface area contributed by atoms with Crippen LogP contribution in [0.5, 0.6) is 0 Å². The van der Waals surface area contributed by atoms with Crippen molar-refractivity contribution in [1.82, 2.24) is 9.80 Å². The van der Waals surface area contributed by atoms with Crippen molar-refractivity contribution in [3.05, 3.63) is 40.5 Å². The van der Waals surface area contributed by atoms with Gasteiger partial charge in [-0.05, 0) is 50.9 Å². The molecule has 0 unspecified atom stereocenters. The van der Waals surface area contributed by atoms with Crippen LogP contribution in [0.3, 0.4) is 0 Å². The first kappa shape index (κ1) is 34.2. The van der Waals surface area contributed by atoms with E-state index < -0.39 is 29.1 Å². The van der Waals surface area contributed by atoms with E-state index in [4.69, 9.17) is 19.5 Å². The molecule has 0 aromatic heterocycles. The van der Waals surface area contributed by atoms with Crippen molar-refractivity contribution in [2.24, 2.45) is 0 Å². The van der Waals surface area contributed by atoms with E-state index in [0.29, 0.717) is 64.0 Å². The first-order chi connectivity index (χ1) is 20.6. The molecule has 13 heteroatoms. The van der Waals surface area contributed by atoms with E-state index in [9.17, 15) is 27.6 Å². The molecule has 2 heterocycles. The Morgan fingerprint density at radius 2 is 1.63 bits per heavy atom. The number of rotatable bonds is 16. The molecule has 0 aliphatic carbocycles. The fourth-order valence-electron chi connectivity index (χ4n) is 5.04. The lowest BCUT2D eigenvalue weighted by Gasteiger charge is -2.34. The average Bonchev–Trinajstić information content (AvgIpc) is 3.20. The lowest BCUT2D eigenvalue weighted by Crippen LogP contribution is -2.49. The smallest absolute Gasteiger partial charge is 0.382 e. The van der Waals surface area contributed by atoms with E-state index in [1.54, 1.807) is 7.11 Å². The van der Waals surface area contributed by atoms with Crippen LogP contribution in [0.4, 0.5) is 18.9 Å². The Morgan fingerprint density at radius 1 is 0.953 bits per heavy atom. The maximum absolute atomic E-state index is 13.4. The number of halogens is 3. The van der Waals surface area contributed by atoms with Gasteiger partial charge in [-0.3, -0.25) is 19.3 Å². The maximum atomic E-state index is 13.4.